The standard InChI is InChI=1S/C13H15BrN2O/c1-13(7-2-3-8-15-13)12-16-10-6-4-5-9(14)11(10)17-12/h4-6,15H,2-3,7-8H2,1H3. The molecule has 1 aromatic carbocycles. The number of halogens is 1. The number of oxazole rings is 1. The molecule has 3 nitrogen and oxygen atoms in total. The summed E-state index contributed by atoms with van der Waals surface area (Å²) in [6, 6.07) is 5.95. The topological polar surface area (TPSA) is 38.1 Å². The first-order valence-corrected chi connectivity index (χ1v) is 6.79. The predicted molar refractivity (Wildman–Crippen MR) is 70.9 cm³/mol. The van der Waals surface area contributed by atoms with Gasteiger partial charge in [-0.3, -0.25) is 0 Å². The Morgan fingerprint density at radius 2 is 2.29 bits per heavy atom. The first-order chi connectivity index (χ1) is 8.19. The minimum absolute atomic E-state index is 0.114. The molecule has 1 aliphatic heterocycles. The number of hydrogen-bond acceptors (Lipinski definition) is 3. The molecule has 0 amide bonds. The molecule has 1 unspecified atom stereocenters. The van der Waals surface area contributed by atoms with Gasteiger partial charge in [-0.2, -0.15) is 0 Å². The summed E-state index contributed by atoms with van der Waals surface area (Å²) in [5.41, 5.74) is 1.65. The number of benzene rings is 1. The average molecular weight is 295 g/mol. The van der Waals surface area contributed by atoms with Crippen LogP contribution in [0.1, 0.15) is 32.1 Å². The van der Waals surface area contributed by atoms with Crippen LogP contribution in [-0.4, -0.2) is 11.5 Å². The Morgan fingerprint density at radius 1 is 1.41 bits per heavy atom. The maximum absolute atomic E-state index is 5.92. The predicted octanol–water partition coefficient (Wildman–Crippen LogP) is 3.58. The van der Waals surface area contributed by atoms with Crippen molar-refractivity contribution >= 4 is 27.0 Å². The van der Waals surface area contributed by atoms with Gasteiger partial charge in [-0.15, -0.1) is 0 Å². The fourth-order valence-electron chi connectivity index (χ4n) is 2.39. The third-order valence-corrected chi connectivity index (χ3v) is 4.08. The van der Waals surface area contributed by atoms with Gasteiger partial charge in [-0.25, -0.2) is 4.98 Å². The van der Waals surface area contributed by atoms with Crippen molar-refractivity contribution in [1.29, 1.82) is 0 Å². The van der Waals surface area contributed by atoms with Gasteiger partial charge in [0.1, 0.15) is 5.52 Å². The minimum Gasteiger partial charge on any atom is -0.437 e. The molecule has 1 saturated heterocycles. The Hall–Kier alpha value is -0.870. The first kappa shape index (κ1) is 11.2. The maximum Gasteiger partial charge on any atom is 0.215 e. The second-order valence-corrected chi connectivity index (χ2v) is 5.68. The molecule has 2 aromatic rings. The molecule has 3 rings (SSSR count). The Kier molecular flexibility index (Phi) is 2.71. The zero-order valence-electron chi connectivity index (χ0n) is 9.79. The zero-order chi connectivity index (χ0) is 11.9. The average Bonchev–Trinajstić information content (AvgIpc) is 2.76. The molecule has 0 bridgehead atoms. The van der Waals surface area contributed by atoms with E-state index in [9.17, 15) is 0 Å². The highest BCUT2D eigenvalue weighted by atomic mass is 79.9. The summed E-state index contributed by atoms with van der Waals surface area (Å²) in [6.45, 7) is 3.21. The highest BCUT2D eigenvalue weighted by Crippen LogP contribution is 2.33. The molecule has 0 radical (unpaired) electrons. The van der Waals surface area contributed by atoms with Gasteiger partial charge in [0.15, 0.2) is 5.58 Å². The van der Waals surface area contributed by atoms with E-state index < -0.39 is 0 Å². The summed E-state index contributed by atoms with van der Waals surface area (Å²) in [5, 5.41) is 3.52. The highest BCUT2D eigenvalue weighted by molar-refractivity contribution is 9.10. The van der Waals surface area contributed by atoms with E-state index in [0.717, 1.165) is 34.4 Å². The molecule has 1 atom stereocenters. The van der Waals surface area contributed by atoms with E-state index in [2.05, 4.69) is 33.2 Å². The smallest absolute Gasteiger partial charge is 0.215 e. The van der Waals surface area contributed by atoms with Crippen LogP contribution in [0.3, 0.4) is 0 Å². The van der Waals surface area contributed by atoms with Gasteiger partial charge < -0.3 is 9.73 Å². The lowest BCUT2D eigenvalue weighted by atomic mass is 9.91. The lowest BCUT2D eigenvalue weighted by Gasteiger charge is -2.31. The van der Waals surface area contributed by atoms with Crippen molar-refractivity contribution in [2.24, 2.45) is 0 Å². The molecule has 4 heteroatoms. The van der Waals surface area contributed by atoms with Crippen molar-refractivity contribution in [2.45, 2.75) is 31.7 Å². The fraction of sp³-hybridized carbons (Fsp3) is 0.462. The molecule has 2 heterocycles. The SMILES string of the molecule is CC1(c2nc3cccc(Br)c3o2)CCCCN1. The largest absolute Gasteiger partial charge is 0.437 e. The van der Waals surface area contributed by atoms with Crippen molar-refractivity contribution in [3.8, 4) is 0 Å². The number of nitrogens with one attached hydrogen (secondary N) is 1. The van der Waals surface area contributed by atoms with E-state index in [1.807, 2.05) is 18.2 Å². The van der Waals surface area contributed by atoms with Gasteiger partial charge in [0, 0.05) is 0 Å². The van der Waals surface area contributed by atoms with E-state index in [0.29, 0.717) is 0 Å². The zero-order valence-corrected chi connectivity index (χ0v) is 11.4. The molecule has 0 aliphatic carbocycles. The lowest BCUT2D eigenvalue weighted by Crippen LogP contribution is -2.43. The Balaban J connectivity index is 2.08. The molecule has 90 valence electrons. The van der Waals surface area contributed by atoms with Crippen LogP contribution in [0.15, 0.2) is 27.1 Å². The van der Waals surface area contributed by atoms with Crippen LogP contribution >= 0.6 is 15.9 Å². The van der Waals surface area contributed by atoms with Gasteiger partial charge >= 0.3 is 0 Å². The molecule has 1 fully saturated rings. The van der Waals surface area contributed by atoms with Crippen LogP contribution in [0, 0.1) is 0 Å². The van der Waals surface area contributed by atoms with Gasteiger partial charge in [-0.1, -0.05) is 6.07 Å². The van der Waals surface area contributed by atoms with E-state index in [1.54, 1.807) is 0 Å². The van der Waals surface area contributed by atoms with Crippen LogP contribution in [0.25, 0.3) is 11.1 Å². The van der Waals surface area contributed by atoms with Crippen molar-refractivity contribution in [3.05, 3.63) is 28.6 Å². The van der Waals surface area contributed by atoms with Crippen molar-refractivity contribution in [3.63, 3.8) is 0 Å². The number of rotatable bonds is 1. The number of aromatic nitrogens is 1. The molecule has 0 saturated carbocycles. The van der Waals surface area contributed by atoms with Gasteiger partial charge in [0.05, 0.1) is 10.0 Å². The van der Waals surface area contributed by atoms with Gasteiger partial charge in [-0.05, 0) is 60.8 Å². The maximum atomic E-state index is 5.92. The van der Waals surface area contributed by atoms with E-state index in [4.69, 9.17) is 4.42 Å². The number of hydrogen-bond donors (Lipinski definition) is 1. The van der Waals surface area contributed by atoms with E-state index >= 15 is 0 Å². The summed E-state index contributed by atoms with van der Waals surface area (Å²) in [6.07, 6.45) is 3.54. The quantitative estimate of drug-likeness (QED) is 0.874. The second kappa shape index (κ2) is 4.10. The molecule has 17 heavy (non-hydrogen) atoms. The van der Waals surface area contributed by atoms with Crippen LogP contribution < -0.4 is 5.32 Å². The molecular weight excluding hydrogens is 280 g/mol. The van der Waals surface area contributed by atoms with Crippen LogP contribution in [0.5, 0.6) is 0 Å². The Morgan fingerprint density at radius 3 is 3.00 bits per heavy atom. The van der Waals surface area contributed by atoms with Crippen LogP contribution in [0.4, 0.5) is 0 Å². The van der Waals surface area contributed by atoms with Crippen molar-refractivity contribution in [2.75, 3.05) is 6.54 Å². The summed E-state index contributed by atoms with van der Waals surface area (Å²) in [5.74, 6) is 0.805. The summed E-state index contributed by atoms with van der Waals surface area (Å²) < 4.78 is 6.89. The first-order valence-electron chi connectivity index (χ1n) is 6.00. The van der Waals surface area contributed by atoms with Crippen LogP contribution in [-0.2, 0) is 5.54 Å². The lowest BCUT2D eigenvalue weighted by molar-refractivity contribution is 0.232. The van der Waals surface area contributed by atoms with E-state index in [1.165, 1.54) is 12.8 Å². The number of para-hydroxylation sites is 1. The molecule has 1 aliphatic rings. The van der Waals surface area contributed by atoms with Crippen LogP contribution in [0.2, 0.25) is 0 Å². The van der Waals surface area contributed by atoms with Gasteiger partial charge in [0.2, 0.25) is 5.89 Å². The Labute approximate surface area is 109 Å². The molecule has 0 spiro atoms. The second-order valence-electron chi connectivity index (χ2n) is 4.82. The summed E-state index contributed by atoms with van der Waals surface area (Å²) in [4.78, 5) is 4.61. The monoisotopic (exact) mass is 294 g/mol. The van der Waals surface area contributed by atoms with Gasteiger partial charge in [0.25, 0.3) is 0 Å². The molecule has 1 N–H and O–H groups in total. The Bertz CT molecular complexity index is 543. The molecular formula is C13H15BrN2O. The third-order valence-electron chi connectivity index (χ3n) is 3.46. The number of nitrogens with zero attached hydrogens (tertiary/aromatic N) is 1. The van der Waals surface area contributed by atoms with E-state index in [-0.39, 0.29) is 5.54 Å². The molecule has 1 aromatic heterocycles. The number of fused-ring (bicyclic) bond motifs is 1. The third kappa shape index (κ3) is 1.89. The number of piperidine rings is 1. The minimum atomic E-state index is -0.114. The highest BCUT2D eigenvalue weighted by Gasteiger charge is 2.33. The normalized spacial score (nSPS) is 25.3. The fourth-order valence-corrected chi connectivity index (χ4v) is 2.83. The van der Waals surface area contributed by atoms with Crippen molar-refractivity contribution < 1.29 is 4.42 Å². The van der Waals surface area contributed by atoms with Crippen molar-refractivity contribution in [1.82, 2.24) is 10.3 Å². The summed E-state index contributed by atoms with van der Waals surface area (Å²) >= 11 is 3.50. The summed E-state index contributed by atoms with van der Waals surface area (Å²) in [7, 11) is 0.